The Hall–Kier alpha value is -1.30. The molecule has 0 aromatic rings. The van der Waals surface area contributed by atoms with Gasteiger partial charge in [-0.25, -0.2) is 4.79 Å². The van der Waals surface area contributed by atoms with Crippen molar-refractivity contribution in [2.45, 2.75) is 26.4 Å². The molecule has 1 heterocycles. The summed E-state index contributed by atoms with van der Waals surface area (Å²) in [5.74, 6) is -0.357. The van der Waals surface area contributed by atoms with Crippen molar-refractivity contribution >= 4 is 12.1 Å². The van der Waals surface area contributed by atoms with Crippen molar-refractivity contribution in [1.29, 1.82) is 0 Å². The van der Waals surface area contributed by atoms with E-state index in [4.69, 9.17) is 14.2 Å². The Morgan fingerprint density at radius 1 is 1.22 bits per heavy atom. The highest BCUT2D eigenvalue weighted by atomic mass is 16.6. The van der Waals surface area contributed by atoms with Crippen LogP contribution in [0.25, 0.3) is 0 Å². The summed E-state index contributed by atoms with van der Waals surface area (Å²) < 4.78 is 15.0. The van der Waals surface area contributed by atoms with Crippen LogP contribution in [0.5, 0.6) is 0 Å². The lowest BCUT2D eigenvalue weighted by molar-refractivity contribution is -0.168. The van der Waals surface area contributed by atoms with Crippen molar-refractivity contribution in [3.05, 3.63) is 0 Å². The smallest absolute Gasteiger partial charge is 0.410 e. The molecule has 6 heteroatoms. The molecule has 0 aromatic carbocycles. The number of ether oxygens (including phenoxy) is 3. The maximum atomic E-state index is 11.8. The summed E-state index contributed by atoms with van der Waals surface area (Å²) in [5.41, 5.74) is -1.29. The maximum absolute atomic E-state index is 11.8. The number of likely N-dealkylation sites (tertiary alicyclic amines) is 1. The van der Waals surface area contributed by atoms with E-state index in [-0.39, 0.29) is 25.7 Å². The van der Waals surface area contributed by atoms with Gasteiger partial charge in [0.15, 0.2) is 0 Å². The molecule has 1 aliphatic rings. The van der Waals surface area contributed by atoms with Crippen LogP contribution in [0, 0.1) is 5.41 Å². The third-order valence-corrected chi connectivity index (χ3v) is 2.68. The van der Waals surface area contributed by atoms with Crippen molar-refractivity contribution in [3.8, 4) is 0 Å². The first-order chi connectivity index (χ1) is 8.24. The van der Waals surface area contributed by atoms with Gasteiger partial charge >= 0.3 is 12.1 Å². The van der Waals surface area contributed by atoms with Gasteiger partial charge in [-0.05, 0) is 20.8 Å². The van der Waals surface area contributed by atoms with E-state index in [1.165, 1.54) is 19.1 Å². The Kier molecular flexibility index (Phi) is 4.21. The van der Waals surface area contributed by atoms with Crippen LogP contribution in [0.15, 0.2) is 0 Å². The van der Waals surface area contributed by atoms with E-state index < -0.39 is 17.1 Å². The fourth-order valence-electron chi connectivity index (χ4n) is 1.91. The van der Waals surface area contributed by atoms with Crippen molar-refractivity contribution in [2.24, 2.45) is 5.41 Å². The Morgan fingerprint density at radius 2 is 1.78 bits per heavy atom. The second kappa shape index (κ2) is 5.14. The third-order valence-electron chi connectivity index (χ3n) is 2.68. The summed E-state index contributed by atoms with van der Waals surface area (Å²) in [5, 5.41) is 0. The third kappa shape index (κ3) is 3.13. The Morgan fingerprint density at radius 3 is 2.17 bits per heavy atom. The van der Waals surface area contributed by atoms with Crippen LogP contribution < -0.4 is 0 Å². The number of nitrogens with zero attached hydrogens (tertiary/aromatic N) is 1. The number of methoxy groups -OCH3 is 2. The summed E-state index contributed by atoms with van der Waals surface area (Å²) in [4.78, 5) is 24.9. The number of hydrogen-bond acceptors (Lipinski definition) is 5. The quantitative estimate of drug-likeness (QED) is 0.709. The molecule has 0 bridgehead atoms. The van der Waals surface area contributed by atoms with Gasteiger partial charge in [-0.1, -0.05) is 0 Å². The molecule has 1 saturated heterocycles. The van der Waals surface area contributed by atoms with Crippen molar-refractivity contribution in [1.82, 2.24) is 4.90 Å². The molecule has 104 valence electrons. The second-order valence-corrected chi connectivity index (χ2v) is 5.54. The fraction of sp³-hybridized carbons (Fsp3) is 0.833. The van der Waals surface area contributed by atoms with Crippen LogP contribution >= 0.6 is 0 Å². The average molecular weight is 259 g/mol. The molecule has 0 atom stereocenters. The van der Waals surface area contributed by atoms with Crippen LogP contribution in [-0.2, 0) is 19.0 Å². The predicted octanol–water partition coefficient (Wildman–Crippen LogP) is 1.04. The van der Waals surface area contributed by atoms with Gasteiger partial charge in [-0.2, -0.15) is 0 Å². The van der Waals surface area contributed by atoms with Gasteiger partial charge in [-0.15, -0.1) is 0 Å². The highest BCUT2D eigenvalue weighted by Crippen LogP contribution is 2.33. The van der Waals surface area contributed by atoms with Crippen LogP contribution in [-0.4, -0.2) is 56.5 Å². The molecule has 0 aromatic heterocycles. The molecular weight excluding hydrogens is 238 g/mol. The standard InChI is InChI=1S/C12H21NO5/c1-11(2,3)18-10(15)13-6-12(7-13,8-16-4)9(14)17-5/h6-8H2,1-5H3. The number of hydrogen-bond donors (Lipinski definition) is 0. The van der Waals surface area contributed by atoms with Gasteiger partial charge in [-0.3, -0.25) is 4.79 Å². The molecule has 6 nitrogen and oxygen atoms in total. The van der Waals surface area contributed by atoms with Gasteiger partial charge in [0, 0.05) is 20.2 Å². The summed E-state index contributed by atoms with van der Waals surface area (Å²) >= 11 is 0. The predicted molar refractivity (Wildman–Crippen MR) is 64.1 cm³/mol. The van der Waals surface area contributed by atoms with Crippen molar-refractivity contribution in [3.63, 3.8) is 0 Å². The maximum Gasteiger partial charge on any atom is 0.410 e. The number of amides is 1. The highest BCUT2D eigenvalue weighted by Gasteiger charge is 2.53. The Bertz CT molecular complexity index is 328. The lowest BCUT2D eigenvalue weighted by Gasteiger charge is -2.47. The zero-order chi connectivity index (χ0) is 14.0. The number of rotatable bonds is 3. The molecule has 0 aliphatic carbocycles. The number of esters is 1. The zero-order valence-electron chi connectivity index (χ0n) is 11.6. The first kappa shape index (κ1) is 14.8. The van der Waals surface area contributed by atoms with Crippen LogP contribution in [0.4, 0.5) is 4.79 Å². The topological polar surface area (TPSA) is 65.1 Å². The highest BCUT2D eigenvalue weighted by molar-refractivity contribution is 5.82. The molecular formula is C12H21NO5. The Labute approximate surface area is 107 Å². The molecule has 1 amide bonds. The molecule has 0 N–H and O–H groups in total. The average Bonchev–Trinajstić information content (AvgIpc) is 2.18. The zero-order valence-corrected chi connectivity index (χ0v) is 11.6. The van der Waals surface area contributed by atoms with E-state index in [1.54, 1.807) is 20.8 Å². The van der Waals surface area contributed by atoms with E-state index in [9.17, 15) is 9.59 Å². The van der Waals surface area contributed by atoms with Gasteiger partial charge in [0.05, 0.1) is 13.7 Å². The summed E-state index contributed by atoms with van der Waals surface area (Å²) in [6.45, 7) is 6.16. The summed E-state index contributed by atoms with van der Waals surface area (Å²) in [7, 11) is 2.84. The first-order valence-corrected chi connectivity index (χ1v) is 5.79. The molecule has 0 spiro atoms. The van der Waals surface area contributed by atoms with E-state index in [0.717, 1.165) is 0 Å². The van der Waals surface area contributed by atoms with E-state index >= 15 is 0 Å². The molecule has 0 saturated carbocycles. The number of carbonyl (C=O) groups is 2. The van der Waals surface area contributed by atoms with E-state index in [0.29, 0.717) is 0 Å². The molecule has 1 rings (SSSR count). The minimum atomic E-state index is -0.750. The second-order valence-electron chi connectivity index (χ2n) is 5.54. The molecule has 0 unspecified atom stereocenters. The minimum Gasteiger partial charge on any atom is -0.468 e. The lowest BCUT2D eigenvalue weighted by atomic mass is 9.81. The first-order valence-electron chi connectivity index (χ1n) is 5.79. The molecule has 1 aliphatic heterocycles. The summed E-state index contributed by atoms with van der Waals surface area (Å²) in [6.07, 6.45) is -0.418. The summed E-state index contributed by atoms with van der Waals surface area (Å²) in [6, 6.07) is 0. The van der Waals surface area contributed by atoms with Gasteiger partial charge in [0.1, 0.15) is 11.0 Å². The van der Waals surface area contributed by atoms with Crippen LogP contribution in [0.1, 0.15) is 20.8 Å². The SMILES string of the molecule is COCC1(C(=O)OC)CN(C(=O)OC(C)(C)C)C1. The number of carbonyl (C=O) groups excluding carboxylic acids is 2. The molecule has 1 fully saturated rings. The molecule has 18 heavy (non-hydrogen) atoms. The van der Waals surface area contributed by atoms with Gasteiger partial charge in [0.25, 0.3) is 0 Å². The van der Waals surface area contributed by atoms with Crippen LogP contribution in [0.3, 0.4) is 0 Å². The van der Waals surface area contributed by atoms with Gasteiger partial charge < -0.3 is 19.1 Å². The van der Waals surface area contributed by atoms with E-state index in [2.05, 4.69) is 0 Å². The van der Waals surface area contributed by atoms with Crippen molar-refractivity contribution < 1.29 is 23.8 Å². The minimum absolute atomic E-state index is 0.235. The lowest BCUT2D eigenvalue weighted by Crippen LogP contribution is -2.64. The normalized spacial score (nSPS) is 17.9. The fourth-order valence-corrected chi connectivity index (χ4v) is 1.91. The van der Waals surface area contributed by atoms with E-state index in [1.807, 2.05) is 0 Å². The monoisotopic (exact) mass is 259 g/mol. The van der Waals surface area contributed by atoms with Crippen molar-refractivity contribution in [2.75, 3.05) is 33.9 Å². The Balaban J connectivity index is 2.59. The van der Waals surface area contributed by atoms with Gasteiger partial charge in [0.2, 0.25) is 0 Å². The molecule has 0 radical (unpaired) electrons. The largest absolute Gasteiger partial charge is 0.468 e. The van der Waals surface area contributed by atoms with Crippen LogP contribution in [0.2, 0.25) is 0 Å².